The zero-order valence-electron chi connectivity index (χ0n) is 16.3. The Balaban J connectivity index is 2.58. The van der Waals surface area contributed by atoms with Crippen molar-refractivity contribution in [3.8, 4) is 0 Å². The molecule has 28 heavy (non-hydrogen) atoms. The van der Waals surface area contributed by atoms with Crippen LogP contribution < -0.4 is 4.72 Å². The van der Waals surface area contributed by atoms with Gasteiger partial charge in [0.25, 0.3) is 0 Å². The van der Waals surface area contributed by atoms with Crippen LogP contribution in [-0.2, 0) is 30.9 Å². The molecule has 0 aliphatic carbocycles. The highest BCUT2D eigenvalue weighted by molar-refractivity contribution is 9.10. The number of rotatable bonds is 8. The Morgan fingerprint density at radius 1 is 1.14 bits per heavy atom. The van der Waals surface area contributed by atoms with Crippen LogP contribution in [0.15, 0.2) is 45.6 Å². The molecular formula is C20H24BrNO4S2. The number of halogens is 1. The number of hydrogen-bond acceptors (Lipinski definition) is 5. The number of carbonyl (C=O) groups is 2. The molecule has 2 rings (SSSR count). The number of thiophene rings is 1. The van der Waals surface area contributed by atoms with Crippen LogP contribution in [0.4, 0.5) is 0 Å². The Kier molecular flexibility index (Phi) is 7.73. The summed E-state index contributed by atoms with van der Waals surface area (Å²) in [6.07, 6.45) is -0.356. The predicted octanol–water partition coefficient (Wildman–Crippen LogP) is 4.33. The molecule has 2 aromatic rings. The highest BCUT2D eigenvalue weighted by Gasteiger charge is 2.40. The van der Waals surface area contributed by atoms with E-state index < -0.39 is 27.2 Å². The van der Waals surface area contributed by atoms with Crippen LogP contribution in [0.3, 0.4) is 0 Å². The van der Waals surface area contributed by atoms with Gasteiger partial charge >= 0.3 is 5.97 Å². The molecule has 0 saturated carbocycles. The Morgan fingerprint density at radius 2 is 1.79 bits per heavy atom. The van der Waals surface area contributed by atoms with Crippen LogP contribution >= 0.6 is 27.3 Å². The fourth-order valence-corrected chi connectivity index (χ4v) is 4.59. The van der Waals surface area contributed by atoms with Crippen molar-refractivity contribution in [3.63, 3.8) is 0 Å². The van der Waals surface area contributed by atoms with Crippen LogP contribution in [-0.4, -0.2) is 27.8 Å². The minimum atomic E-state index is -1.45. The number of Topliss-reactive ketones (excluding diaryl/α,β-unsaturated/α-hetero) is 1. The van der Waals surface area contributed by atoms with Gasteiger partial charge in [-0.1, -0.05) is 28.1 Å². The van der Waals surface area contributed by atoms with E-state index in [-0.39, 0.29) is 18.6 Å². The summed E-state index contributed by atoms with van der Waals surface area (Å²) in [4.78, 5) is 24.4. The molecule has 0 spiro atoms. The number of benzene rings is 1. The molecular weight excluding hydrogens is 462 g/mol. The zero-order chi connectivity index (χ0) is 20.9. The zero-order valence-corrected chi connectivity index (χ0v) is 19.5. The smallest absolute Gasteiger partial charge is 0.313 e. The molecule has 152 valence electrons. The maximum atomic E-state index is 13.1. The normalized spacial score (nSPS) is 14.9. The number of ether oxygens (including phenoxy) is 1. The van der Waals surface area contributed by atoms with Crippen molar-refractivity contribution in [3.05, 3.63) is 56.7 Å². The van der Waals surface area contributed by atoms with E-state index in [9.17, 15) is 13.8 Å². The predicted molar refractivity (Wildman–Crippen MR) is 117 cm³/mol. The Hall–Kier alpha value is -1.35. The van der Waals surface area contributed by atoms with Gasteiger partial charge in [-0.2, -0.15) is 11.3 Å². The van der Waals surface area contributed by atoms with E-state index in [0.717, 1.165) is 15.6 Å². The standard InChI is InChI=1S/C20H24BrNO4S2/c1-19(2,3)28(25)22-20(15-9-10-27-13-15,12-17(23)11-18(24)26-4)14-5-7-16(21)8-6-14/h5-10,13,22H,11-12H2,1-4H3. The second-order valence-corrected chi connectivity index (χ2v) is 11.0. The van der Waals surface area contributed by atoms with Crippen molar-refractivity contribution >= 4 is 50.0 Å². The summed E-state index contributed by atoms with van der Waals surface area (Å²) in [5.74, 6) is -0.878. The molecule has 0 bridgehead atoms. The lowest BCUT2D eigenvalue weighted by Crippen LogP contribution is -2.50. The van der Waals surface area contributed by atoms with Gasteiger partial charge in [-0.05, 0) is 60.9 Å². The lowest BCUT2D eigenvalue weighted by atomic mass is 9.80. The monoisotopic (exact) mass is 485 g/mol. The topological polar surface area (TPSA) is 72.5 Å². The number of esters is 1. The SMILES string of the molecule is COC(=O)CC(=O)CC(NS(=O)C(C)(C)C)(c1ccc(Br)cc1)c1ccsc1. The summed E-state index contributed by atoms with van der Waals surface area (Å²) in [6, 6.07) is 9.44. The third-order valence-corrected chi connectivity index (χ3v) is 7.06. The minimum absolute atomic E-state index is 0.0255. The Labute approximate surface area is 180 Å². The van der Waals surface area contributed by atoms with Crippen LogP contribution in [0, 0.1) is 0 Å². The minimum Gasteiger partial charge on any atom is -0.469 e. The van der Waals surface area contributed by atoms with Crippen LogP contribution in [0.2, 0.25) is 0 Å². The van der Waals surface area contributed by atoms with E-state index >= 15 is 0 Å². The largest absolute Gasteiger partial charge is 0.469 e. The van der Waals surface area contributed by atoms with Gasteiger partial charge in [-0.15, -0.1) is 0 Å². The second-order valence-electron chi connectivity index (χ2n) is 7.38. The van der Waals surface area contributed by atoms with Gasteiger partial charge in [-0.3, -0.25) is 9.59 Å². The van der Waals surface area contributed by atoms with Crippen LogP contribution in [0.25, 0.3) is 0 Å². The number of ketones is 1. The molecule has 0 radical (unpaired) electrons. The molecule has 0 aliphatic heterocycles. The number of hydrogen-bond donors (Lipinski definition) is 1. The Bertz CT molecular complexity index is 844. The molecule has 5 nitrogen and oxygen atoms in total. The van der Waals surface area contributed by atoms with Gasteiger partial charge in [-0.25, -0.2) is 8.93 Å². The summed E-state index contributed by atoms with van der Waals surface area (Å²) >= 11 is 4.92. The van der Waals surface area contributed by atoms with Gasteiger partial charge in [0.1, 0.15) is 12.2 Å². The van der Waals surface area contributed by atoms with Crippen LogP contribution in [0.5, 0.6) is 0 Å². The van der Waals surface area contributed by atoms with Crippen molar-refractivity contribution in [1.29, 1.82) is 0 Å². The van der Waals surface area contributed by atoms with Gasteiger partial charge in [0.2, 0.25) is 0 Å². The molecule has 0 aliphatic rings. The van der Waals surface area contributed by atoms with E-state index in [4.69, 9.17) is 0 Å². The molecule has 0 saturated heterocycles. The van der Waals surface area contributed by atoms with E-state index in [2.05, 4.69) is 25.4 Å². The van der Waals surface area contributed by atoms with Crippen molar-refractivity contribution < 1.29 is 18.5 Å². The number of carbonyl (C=O) groups excluding carboxylic acids is 2. The maximum Gasteiger partial charge on any atom is 0.313 e. The van der Waals surface area contributed by atoms with Crippen molar-refractivity contribution in [1.82, 2.24) is 4.72 Å². The molecule has 0 fully saturated rings. The molecule has 1 heterocycles. The molecule has 8 heteroatoms. The van der Waals surface area contributed by atoms with Gasteiger partial charge in [0.05, 0.1) is 28.4 Å². The molecule has 1 aromatic heterocycles. The van der Waals surface area contributed by atoms with E-state index in [1.807, 2.05) is 61.9 Å². The molecule has 1 aromatic carbocycles. The average Bonchev–Trinajstić information content (AvgIpc) is 3.15. The molecule has 0 amide bonds. The fourth-order valence-electron chi connectivity index (χ4n) is 2.67. The van der Waals surface area contributed by atoms with Gasteiger partial charge in [0.15, 0.2) is 0 Å². The van der Waals surface area contributed by atoms with E-state index in [1.165, 1.54) is 18.4 Å². The molecule has 1 N–H and O–H groups in total. The van der Waals surface area contributed by atoms with Crippen LogP contribution in [0.1, 0.15) is 44.7 Å². The summed E-state index contributed by atoms with van der Waals surface area (Å²) in [7, 11) is -0.200. The number of nitrogens with one attached hydrogen (secondary N) is 1. The lowest BCUT2D eigenvalue weighted by Gasteiger charge is -2.36. The highest BCUT2D eigenvalue weighted by Crippen LogP contribution is 2.37. The quantitative estimate of drug-likeness (QED) is 0.446. The van der Waals surface area contributed by atoms with Crippen molar-refractivity contribution in [2.24, 2.45) is 0 Å². The summed E-state index contributed by atoms with van der Waals surface area (Å²) in [6.45, 7) is 5.60. The van der Waals surface area contributed by atoms with Crippen molar-refractivity contribution in [2.45, 2.75) is 43.9 Å². The third-order valence-electron chi connectivity index (χ3n) is 4.21. The van der Waals surface area contributed by atoms with Gasteiger partial charge in [0, 0.05) is 10.9 Å². The molecule has 2 unspecified atom stereocenters. The van der Waals surface area contributed by atoms with E-state index in [1.54, 1.807) is 0 Å². The summed E-state index contributed by atoms with van der Waals surface area (Å²) < 4.78 is 21.3. The fraction of sp³-hybridized carbons (Fsp3) is 0.400. The first kappa shape index (κ1) is 22.9. The first-order valence-corrected chi connectivity index (χ1v) is 11.5. The lowest BCUT2D eigenvalue weighted by molar-refractivity contribution is -0.143. The van der Waals surface area contributed by atoms with Crippen molar-refractivity contribution in [2.75, 3.05) is 7.11 Å². The third kappa shape index (κ3) is 5.59. The van der Waals surface area contributed by atoms with E-state index in [0.29, 0.717) is 0 Å². The summed E-state index contributed by atoms with van der Waals surface area (Å²) in [5, 5.41) is 3.84. The second kappa shape index (κ2) is 9.43. The Morgan fingerprint density at radius 3 is 2.29 bits per heavy atom. The average molecular weight is 486 g/mol. The maximum absolute atomic E-state index is 13.1. The highest BCUT2D eigenvalue weighted by atomic mass is 79.9. The first-order chi connectivity index (χ1) is 13.1. The van der Waals surface area contributed by atoms with Gasteiger partial charge < -0.3 is 4.74 Å². The molecule has 2 atom stereocenters. The summed E-state index contributed by atoms with van der Waals surface area (Å²) in [5.41, 5.74) is 0.602. The number of methoxy groups -OCH3 is 1. The first-order valence-electron chi connectivity index (χ1n) is 8.65.